The highest BCUT2D eigenvalue weighted by Gasteiger charge is 2.12. The van der Waals surface area contributed by atoms with Crippen LogP contribution in [-0.2, 0) is 0 Å². The molecule has 2 rings (SSSR count). The molecule has 0 unspecified atom stereocenters. The first-order valence-electron chi connectivity index (χ1n) is 6.69. The van der Waals surface area contributed by atoms with E-state index in [-0.39, 0.29) is 17.8 Å². The molecule has 1 aromatic carbocycles. The molecule has 0 saturated heterocycles. The molecule has 7 heteroatoms. The maximum absolute atomic E-state index is 14.0. The summed E-state index contributed by atoms with van der Waals surface area (Å²) in [5, 5.41) is 9.26. The molecule has 0 spiro atoms. The van der Waals surface area contributed by atoms with Gasteiger partial charge in [-0.1, -0.05) is 13.8 Å². The predicted octanol–water partition coefficient (Wildman–Crippen LogP) is 2.57. The third-order valence-corrected chi connectivity index (χ3v) is 3.23. The van der Waals surface area contributed by atoms with Crippen molar-refractivity contribution in [3.63, 3.8) is 0 Å². The third kappa shape index (κ3) is 3.77. The van der Waals surface area contributed by atoms with E-state index in [1.807, 2.05) is 20.8 Å². The van der Waals surface area contributed by atoms with Gasteiger partial charge in [0.2, 0.25) is 0 Å². The summed E-state index contributed by atoms with van der Waals surface area (Å²) in [5.41, 5.74) is 0.652. The summed E-state index contributed by atoms with van der Waals surface area (Å²) in [7, 11) is 0. The molecule has 1 heterocycles. The summed E-state index contributed by atoms with van der Waals surface area (Å²) in [6.07, 6.45) is 2.73. The molecule has 6 nitrogen and oxygen atoms in total. The highest BCUT2D eigenvalue weighted by Crippen LogP contribution is 2.17. The maximum atomic E-state index is 14.0. The number of benzene rings is 1. The molecule has 0 bridgehead atoms. The second-order valence-electron chi connectivity index (χ2n) is 5.14. The van der Waals surface area contributed by atoms with Crippen LogP contribution in [0.5, 0.6) is 0 Å². The van der Waals surface area contributed by atoms with Gasteiger partial charge in [-0.25, -0.2) is 18.9 Å². The van der Waals surface area contributed by atoms with E-state index < -0.39 is 5.82 Å². The van der Waals surface area contributed by atoms with E-state index >= 15 is 0 Å². The monoisotopic (exact) mass is 291 g/mol. The molecular weight excluding hydrogens is 273 g/mol. The lowest BCUT2D eigenvalue weighted by Crippen LogP contribution is -2.39. The average molecular weight is 291 g/mol. The molecule has 0 radical (unpaired) electrons. The molecule has 2 aromatic rings. The van der Waals surface area contributed by atoms with Gasteiger partial charge in [0.15, 0.2) is 5.82 Å². The fourth-order valence-electron chi connectivity index (χ4n) is 1.64. The minimum absolute atomic E-state index is 0.0317. The van der Waals surface area contributed by atoms with E-state index in [0.717, 1.165) is 0 Å². The van der Waals surface area contributed by atoms with Crippen LogP contribution >= 0.6 is 0 Å². The van der Waals surface area contributed by atoms with Crippen LogP contribution in [-0.4, -0.2) is 26.8 Å². The Labute approximate surface area is 122 Å². The van der Waals surface area contributed by atoms with Crippen molar-refractivity contribution in [3.05, 3.63) is 36.7 Å². The Morgan fingerprint density at radius 3 is 2.67 bits per heavy atom. The predicted molar refractivity (Wildman–Crippen MR) is 77.8 cm³/mol. The Bertz CT molecular complexity index is 612. The first kappa shape index (κ1) is 15.0. The number of hydrogen-bond donors (Lipinski definition) is 2. The molecule has 0 saturated carbocycles. The minimum atomic E-state index is -0.491. The zero-order valence-electron chi connectivity index (χ0n) is 12.2. The largest absolute Gasteiger partial charge is 0.335 e. The van der Waals surface area contributed by atoms with E-state index in [1.165, 1.54) is 29.5 Å². The highest BCUT2D eigenvalue weighted by atomic mass is 19.1. The van der Waals surface area contributed by atoms with Gasteiger partial charge >= 0.3 is 6.03 Å². The summed E-state index contributed by atoms with van der Waals surface area (Å²) in [6.45, 7) is 5.94. The number of carbonyl (C=O) groups is 1. The molecule has 1 atom stereocenters. The first-order valence-corrected chi connectivity index (χ1v) is 6.69. The number of nitrogens with one attached hydrogen (secondary N) is 2. The molecule has 112 valence electrons. The Morgan fingerprint density at radius 1 is 1.33 bits per heavy atom. The SMILES string of the molecule is CC(C)[C@H](C)NC(=O)Nc1ccc(-n2cncn2)c(F)c1. The Kier molecular flexibility index (Phi) is 4.52. The quantitative estimate of drug-likeness (QED) is 0.909. The topological polar surface area (TPSA) is 71.8 Å². The lowest BCUT2D eigenvalue weighted by Gasteiger charge is -2.18. The van der Waals surface area contributed by atoms with Crippen molar-refractivity contribution >= 4 is 11.7 Å². The third-order valence-electron chi connectivity index (χ3n) is 3.23. The number of nitrogens with zero attached hydrogens (tertiary/aromatic N) is 3. The minimum Gasteiger partial charge on any atom is -0.335 e. The molecule has 1 aromatic heterocycles. The lowest BCUT2D eigenvalue weighted by molar-refractivity contribution is 0.246. The van der Waals surface area contributed by atoms with Crippen LogP contribution in [0.1, 0.15) is 20.8 Å². The van der Waals surface area contributed by atoms with Gasteiger partial charge in [0, 0.05) is 11.7 Å². The number of rotatable bonds is 4. The van der Waals surface area contributed by atoms with Gasteiger partial charge in [-0.15, -0.1) is 0 Å². The highest BCUT2D eigenvalue weighted by molar-refractivity contribution is 5.89. The van der Waals surface area contributed by atoms with Gasteiger partial charge in [0.25, 0.3) is 0 Å². The normalized spacial score (nSPS) is 12.2. The van der Waals surface area contributed by atoms with Crippen LogP contribution in [0.15, 0.2) is 30.9 Å². The summed E-state index contributed by atoms with van der Waals surface area (Å²) in [4.78, 5) is 15.5. The van der Waals surface area contributed by atoms with Crippen LogP contribution in [0.3, 0.4) is 0 Å². The van der Waals surface area contributed by atoms with Gasteiger partial charge < -0.3 is 10.6 Å². The van der Waals surface area contributed by atoms with Crippen LogP contribution in [0.2, 0.25) is 0 Å². The number of aromatic nitrogens is 3. The molecule has 2 amide bonds. The number of halogens is 1. The number of urea groups is 1. The Balaban J connectivity index is 2.05. The van der Waals surface area contributed by atoms with Crippen LogP contribution in [0.25, 0.3) is 5.69 Å². The Hall–Kier alpha value is -2.44. The summed E-state index contributed by atoms with van der Waals surface area (Å²) >= 11 is 0. The fraction of sp³-hybridized carbons (Fsp3) is 0.357. The smallest absolute Gasteiger partial charge is 0.319 e. The van der Waals surface area contributed by atoms with Gasteiger partial charge in [0.05, 0.1) is 0 Å². The summed E-state index contributed by atoms with van der Waals surface area (Å²) in [6, 6.07) is 4.07. The number of hydrogen-bond acceptors (Lipinski definition) is 3. The number of carbonyl (C=O) groups excluding carboxylic acids is 1. The molecule has 21 heavy (non-hydrogen) atoms. The van der Waals surface area contributed by atoms with Crippen LogP contribution in [0.4, 0.5) is 14.9 Å². The molecule has 0 fully saturated rings. The zero-order chi connectivity index (χ0) is 15.4. The average Bonchev–Trinajstić information content (AvgIpc) is 2.92. The maximum Gasteiger partial charge on any atom is 0.319 e. The second kappa shape index (κ2) is 6.34. The summed E-state index contributed by atoms with van der Waals surface area (Å²) in [5.74, 6) is -0.169. The molecular formula is C14H18FN5O. The molecule has 0 aliphatic heterocycles. The van der Waals surface area contributed by atoms with Crippen molar-refractivity contribution in [2.45, 2.75) is 26.8 Å². The molecule has 2 N–H and O–H groups in total. The first-order chi connectivity index (χ1) is 9.97. The van der Waals surface area contributed by atoms with Crippen LogP contribution in [0, 0.1) is 11.7 Å². The van der Waals surface area contributed by atoms with E-state index in [4.69, 9.17) is 0 Å². The molecule has 0 aliphatic carbocycles. The second-order valence-corrected chi connectivity index (χ2v) is 5.14. The number of anilines is 1. The Morgan fingerprint density at radius 2 is 2.10 bits per heavy atom. The van der Waals surface area contributed by atoms with E-state index in [1.54, 1.807) is 6.07 Å². The van der Waals surface area contributed by atoms with Gasteiger partial charge in [-0.2, -0.15) is 5.10 Å². The molecule has 0 aliphatic rings. The van der Waals surface area contributed by atoms with Crippen molar-refractivity contribution in [2.24, 2.45) is 5.92 Å². The van der Waals surface area contributed by atoms with Gasteiger partial charge in [-0.3, -0.25) is 0 Å². The summed E-state index contributed by atoms with van der Waals surface area (Å²) < 4.78 is 15.3. The van der Waals surface area contributed by atoms with Gasteiger partial charge in [-0.05, 0) is 31.0 Å². The fourth-order valence-corrected chi connectivity index (χ4v) is 1.64. The van der Waals surface area contributed by atoms with E-state index in [9.17, 15) is 9.18 Å². The van der Waals surface area contributed by atoms with Crippen molar-refractivity contribution in [1.82, 2.24) is 20.1 Å². The van der Waals surface area contributed by atoms with Crippen molar-refractivity contribution in [3.8, 4) is 5.69 Å². The van der Waals surface area contributed by atoms with Crippen molar-refractivity contribution in [2.75, 3.05) is 5.32 Å². The lowest BCUT2D eigenvalue weighted by atomic mass is 10.1. The zero-order valence-corrected chi connectivity index (χ0v) is 12.2. The van der Waals surface area contributed by atoms with Crippen molar-refractivity contribution in [1.29, 1.82) is 0 Å². The van der Waals surface area contributed by atoms with Crippen molar-refractivity contribution < 1.29 is 9.18 Å². The van der Waals surface area contributed by atoms with Gasteiger partial charge in [0.1, 0.15) is 18.3 Å². The van der Waals surface area contributed by atoms with Crippen LogP contribution < -0.4 is 10.6 Å². The number of amides is 2. The van der Waals surface area contributed by atoms with E-state index in [2.05, 4.69) is 20.7 Å². The standard InChI is InChI=1S/C14H18FN5O/c1-9(2)10(3)18-14(21)19-11-4-5-13(12(15)6-11)20-8-16-7-17-20/h4-10H,1-3H3,(H2,18,19,21)/t10-/m0/s1. The van der Waals surface area contributed by atoms with E-state index in [0.29, 0.717) is 11.6 Å².